The molecular formula is C7H16F3O3PS. The Bertz CT molecular complexity index is 212. The van der Waals surface area contributed by atoms with Gasteiger partial charge in [-0.15, -0.1) is 11.7 Å². The average Bonchev–Trinajstić information content (AvgIpc) is 2.01. The van der Waals surface area contributed by atoms with Crippen LogP contribution in [0.15, 0.2) is 0 Å². The minimum absolute atomic E-state index is 0.165. The topological polar surface area (TPSA) is 35.5 Å². The molecule has 0 fully saturated rings. The van der Waals surface area contributed by atoms with Gasteiger partial charge in [0.25, 0.3) is 0 Å². The van der Waals surface area contributed by atoms with E-state index < -0.39 is 24.5 Å². The van der Waals surface area contributed by atoms with Gasteiger partial charge in [-0.2, -0.15) is 0 Å². The van der Waals surface area contributed by atoms with Gasteiger partial charge < -0.3 is 9.05 Å². The fourth-order valence-electron chi connectivity index (χ4n) is 0.982. The van der Waals surface area contributed by atoms with Crippen molar-refractivity contribution in [2.45, 2.75) is 20.3 Å². The van der Waals surface area contributed by atoms with E-state index in [9.17, 15) is 16.2 Å². The predicted molar refractivity (Wildman–Crippen MR) is 56.1 cm³/mol. The van der Waals surface area contributed by atoms with E-state index in [0.717, 1.165) is 0 Å². The molecule has 3 nitrogen and oxygen atoms in total. The second kappa shape index (κ2) is 6.78. The van der Waals surface area contributed by atoms with E-state index in [4.69, 9.17) is 9.05 Å². The first-order valence-electron chi connectivity index (χ1n) is 4.61. The summed E-state index contributed by atoms with van der Waals surface area (Å²) < 4.78 is 57.2. The third-order valence-corrected chi connectivity index (χ3v) is 4.38. The Hall–Kier alpha value is 0.290. The lowest BCUT2D eigenvalue weighted by Crippen LogP contribution is -2.02. The van der Waals surface area contributed by atoms with Gasteiger partial charge in [-0.3, -0.25) is 4.57 Å². The molecule has 0 amide bonds. The minimum atomic E-state index is -5.01. The third-order valence-electron chi connectivity index (χ3n) is 1.46. The van der Waals surface area contributed by atoms with E-state index >= 15 is 0 Å². The molecule has 15 heavy (non-hydrogen) atoms. The van der Waals surface area contributed by atoms with Crippen LogP contribution in [0.1, 0.15) is 20.3 Å². The molecule has 0 aromatic carbocycles. The van der Waals surface area contributed by atoms with Crippen LogP contribution in [-0.4, -0.2) is 25.1 Å². The predicted octanol–water partition coefficient (Wildman–Crippen LogP) is 4.10. The highest BCUT2D eigenvalue weighted by Gasteiger charge is 2.26. The van der Waals surface area contributed by atoms with Gasteiger partial charge in [0.2, 0.25) is 11.2 Å². The number of hydrogen-bond donors (Lipinski definition) is 0. The lowest BCUT2D eigenvalue weighted by atomic mass is 10.6. The van der Waals surface area contributed by atoms with Gasteiger partial charge in [0.1, 0.15) is 0 Å². The van der Waals surface area contributed by atoms with Crippen molar-refractivity contribution in [3.8, 4) is 0 Å². The summed E-state index contributed by atoms with van der Waals surface area (Å²) in [6, 6.07) is 0. The highest BCUT2D eigenvalue weighted by molar-refractivity contribution is 8.20. The molecule has 0 radical (unpaired) electrons. The van der Waals surface area contributed by atoms with Crippen molar-refractivity contribution in [3.63, 3.8) is 0 Å². The second-order valence-corrected chi connectivity index (χ2v) is 6.33. The first-order valence-corrected chi connectivity index (χ1v) is 7.84. The van der Waals surface area contributed by atoms with Gasteiger partial charge in [-0.25, -0.2) is 0 Å². The summed E-state index contributed by atoms with van der Waals surface area (Å²) in [7, 11) is -3.29. The van der Waals surface area contributed by atoms with Crippen molar-refractivity contribution in [3.05, 3.63) is 0 Å². The average molecular weight is 268 g/mol. The van der Waals surface area contributed by atoms with Crippen LogP contribution >= 0.6 is 18.8 Å². The van der Waals surface area contributed by atoms with Crippen molar-refractivity contribution in [1.82, 2.24) is 0 Å². The molecule has 0 spiro atoms. The Morgan fingerprint density at radius 3 is 1.93 bits per heavy atom. The highest BCUT2D eigenvalue weighted by Crippen LogP contribution is 2.55. The summed E-state index contributed by atoms with van der Waals surface area (Å²) in [5.74, 6) is -0.878. The van der Waals surface area contributed by atoms with Crippen molar-refractivity contribution >= 4 is 18.8 Å². The van der Waals surface area contributed by atoms with Crippen molar-refractivity contribution in [1.29, 1.82) is 0 Å². The van der Waals surface area contributed by atoms with Crippen LogP contribution in [0.4, 0.5) is 11.7 Å². The maximum atomic E-state index is 11.9. The van der Waals surface area contributed by atoms with Crippen LogP contribution in [0, 0.1) is 0 Å². The summed E-state index contributed by atoms with van der Waals surface area (Å²) in [5.41, 5.74) is 0. The molecule has 0 N–H and O–H groups in total. The maximum Gasteiger partial charge on any atom is 0.330 e. The van der Waals surface area contributed by atoms with Gasteiger partial charge in [-0.1, -0.05) is 0 Å². The van der Waals surface area contributed by atoms with Gasteiger partial charge in [0.05, 0.1) is 25.1 Å². The molecular weight excluding hydrogens is 252 g/mol. The van der Waals surface area contributed by atoms with Crippen LogP contribution in [0.25, 0.3) is 0 Å². The normalized spacial score (nSPS) is 14.2. The number of hydrogen-bond acceptors (Lipinski definition) is 3. The first kappa shape index (κ1) is 15.3. The lowest BCUT2D eigenvalue weighted by molar-refractivity contribution is 0.220. The molecule has 0 saturated carbocycles. The van der Waals surface area contributed by atoms with E-state index in [1.807, 2.05) is 0 Å². The summed E-state index contributed by atoms with van der Waals surface area (Å²) in [6.07, 6.45) is -0.364. The van der Waals surface area contributed by atoms with E-state index in [1.165, 1.54) is 0 Å². The molecule has 0 aliphatic carbocycles. The van der Waals surface area contributed by atoms with Crippen molar-refractivity contribution < 1.29 is 25.3 Å². The second-order valence-electron chi connectivity index (χ2n) is 2.73. The molecule has 0 aromatic rings. The number of halogens is 3. The zero-order valence-corrected chi connectivity index (χ0v) is 10.5. The quantitative estimate of drug-likeness (QED) is 0.622. The fraction of sp³-hybridized carbons (Fsp3) is 1.00. The monoisotopic (exact) mass is 268 g/mol. The standard InChI is InChI=1S/C7H16F3O3PS/c1-3-12-14(11,13-4-2)6-5-7-15(8,9)10/h3-7H2,1-2H3. The molecule has 0 heterocycles. The van der Waals surface area contributed by atoms with Crippen LogP contribution in [0.5, 0.6) is 0 Å². The highest BCUT2D eigenvalue weighted by atomic mass is 32.3. The zero-order chi connectivity index (χ0) is 11.9. The van der Waals surface area contributed by atoms with E-state index in [0.29, 0.717) is 0 Å². The summed E-state index contributed by atoms with van der Waals surface area (Å²) >= 11 is -5.01. The van der Waals surface area contributed by atoms with Crippen LogP contribution in [0.3, 0.4) is 0 Å². The third kappa shape index (κ3) is 8.13. The molecule has 8 heteroatoms. The fourth-order valence-corrected chi connectivity index (χ4v) is 3.33. The van der Waals surface area contributed by atoms with Gasteiger partial charge in [-0.05, 0) is 20.3 Å². The Kier molecular flexibility index (Phi) is 6.91. The minimum Gasteiger partial charge on any atom is -0.309 e. The lowest BCUT2D eigenvalue weighted by Gasteiger charge is -2.17. The Balaban J connectivity index is 4.02. The maximum absolute atomic E-state index is 11.9. The molecule has 0 aromatic heterocycles. The molecule has 0 unspecified atom stereocenters. The van der Waals surface area contributed by atoms with Crippen molar-refractivity contribution in [2.24, 2.45) is 0 Å². The summed E-state index contributed by atoms with van der Waals surface area (Å²) in [6.45, 7) is 3.60. The van der Waals surface area contributed by atoms with Crippen LogP contribution < -0.4 is 0 Å². The Morgan fingerprint density at radius 2 is 1.60 bits per heavy atom. The van der Waals surface area contributed by atoms with Crippen LogP contribution in [-0.2, 0) is 13.6 Å². The molecule has 0 aliphatic rings. The van der Waals surface area contributed by atoms with Crippen molar-refractivity contribution in [2.75, 3.05) is 25.1 Å². The smallest absolute Gasteiger partial charge is 0.309 e. The van der Waals surface area contributed by atoms with E-state index in [1.54, 1.807) is 13.8 Å². The van der Waals surface area contributed by atoms with E-state index in [2.05, 4.69) is 0 Å². The Morgan fingerprint density at radius 1 is 1.13 bits per heavy atom. The zero-order valence-electron chi connectivity index (χ0n) is 8.75. The van der Waals surface area contributed by atoms with Gasteiger partial charge in [0, 0.05) is 0 Å². The van der Waals surface area contributed by atoms with Crippen LogP contribution in [0.2, 0.25) is 0 Å². The molecule has 0 aliphatic heterocycles. The SMILES string of the molecule is CCOP(=O)(CCCS(F)(F)F)OCC. The number of rotatable bonds is 8. The summed E-state index contributed by atoms with van der Waals surface area (Å²) in [5, 5.41) is 0. The first-order chi connectivity index (χ1) is 6.83. The van der Waals surface area contributed by atoms with Gasteiger partial charge >= 0.3 is 7.60 Å². The molecule has 0 rings (SSSR count). The van der Waals surface area contributed by atoms with Gasteiger partial charge in [0.15, 0.2) is 0 Å². The largest absolute Gasteiger partial charge is 0.330 e. The molecule has 0 bridgehead atoms. The van der Waals surface area contributed by atoms with E-state index in [-0.39, 0.29) is 25.8 Å². The Labute approximate surface area is 90.1 Å². The molecule has 94 valence electrons. The molecule has 0 saturated heterocycles. The molecule has 0 atom stereocenters. The summed E-state index contributed by atoms with van der Waals surface area (Å²) in [4.78, 5) is 0.